The van der Waals surface area contributed by atoms with Crippen molar-refractivity contribution in [1.82, 2.24) is 5.32 Å². The number of anilines is 1. The molecular weight excluding hydrogens is 545 g/mol. The van der Waals surface area contributed by atoms with E-state index in [4.69, 9.17) is 33.7 Å². The Morgan fingerprint density at radius 3 is 2.35 bits per heavy atom. The third-order valence-corrected chi connectivity index (χ3v) is 6.89. The number of amides is 2. The highest BCUT2D eigenvalue weighted by Gasteiger charge is 2.21. The van der Waals surface area contributed by atoms with E-state index in [1.807, 2.05) is 84.9 Å². The minimum atomic E-state index is -0.207. The van der Waals surface area contributed by atoms with Gasteiger partial charge in [0.1, 0.15) is 5.75 Å². The fourth-order valence-corrected chi connectivity index (χ4v) is 4.71. The first-order chi connectivity index (χ1) is 19.4. The normalized spacial score (nSPS) is 10.7. The van der Waals surface area contributed by atoms with Crippen molar-refractivity contribution < 1.29 is 14.3 Å². The predicted molar refractivity (Wildman–Crippen MR) is 161 cm³/mol. The van der Waals surface area contributed by atoms with Gasteiger partial charge >= 0.3 is 0 Å². The molecule has 0 bridgehead atoms. The Labute approximate surface area is 244 Å². The van der Waals surface area contributed by atoms with Crippen molar-refractivity contribution in [1.29, 1.82) is 0 Å². The van der Waals surface area contributed by atoms with E-state index in [2.05, 4.69) is 5.32 Å². The highest BCUT2D eigenvalue weighted by Crippen LogP contribution is 2.34. The first-order valence-corrected chi connectivity index (χ1v) is 13.8. The summed E-state index contributed by atoms with van der Waals surface area (Å²) < 4.78 is 6.21. The number of carbonyl (C=O) groups excluding carboxylic acids is 2. The van der Waals surface area contributed by atoms with E-state index in [-0.39, 0.29) is 24.7 Å². The van der Waals surface area contributed by atoms with Crippen LogP contribution in [-0.2, 0) is 29.1 Å². The number of hydrogen-bond donors (Lipinski definition) is 2. The van der Waals surface area contributed by atoms with Crippen LogP contribution >= 0.6 is 23.2 Å². The van der Waals surface area contributed by atoms with Crippen molar-refractivity contribution >= 4 is 40.7 Å². The Balaban J connectivity index is 1.45. The number of nitrogens with one attached hydrogen (secondary N) is 1. The zero-order valence-corrected chi connectivity index (χ0v) is 23.5. The fourth-order valence-electron chi connectivity index (χ4n) is 4.21. The van der Waals surface area contributed by atoms with E-state index in [1.165, 1.54) is 0 Å². The summed E-state index contributed by atoms with van der Waals surface area (Å²) >= 11 is 12.2. The molecule has 0 aliphatic heterocycles. The average Bonchev–Trinajstić information content (AvgIpc) is 2.97. The van der Waals surface area contributed by atoms with Gasteiger partial charge in [0, 0.05) is 36.0 Å². The van der Waals surface area contributed by atoms with E-state index in [0.29, 0.717) is 53.3 Å². The Hall–Kier alpha value is -3.84. The minimum absolute atomic E-state index is 0.0390. The molecule has 0 unspecified atom stereocenters. The topological polar surface area (TPSA) is 84.7 Å². The number of rotatable bonds is 12. The van der Waals surface area contributed by atoms with E-state index in [0.717, 1.165) is 16.7 Å². The highest BCUT2D eigenvalue weighted by molar-refractivity contribution is 6.35. The summed E-state index contributed by atoms with van der Waals surface area (Å²) in [6, 6.07) is 29.9. The van der Waals surface area contributed by atoms with Gasteiger partial charge in [-0.15, -0.1) is 0 Å². The molecule has 0 heterocycles. The largest absolute Gasteiger partial charge is 0.455 e. The lowest BCUT2D eigenvalue weighted by molar-refractivity contribution is -0.125. The molecule has 4 aromatic carbocycles. The van der Waals surface area contributed by atoms with Gasteiger partial charge in [0.2, 0.25) is 11.8 Å². The van der Waals surface area contributed by atoms with Crippen molar-refractivity contribution in [3.63, 3.8) is 0 Å². The standard InChI is InChI=1S/C32H31Cl2N3O3/c33-26-14-13-25(28(34)20-26)17-18-36-31(38)15-16-32(39)37(22-23-7-2-1-3-8-23)29-11-4-5-12-30(29)40-27-10-6-9-24(19-27)21-35/h1-14,19-20H,15-18,21-22,35H2,(H,36,38). The van der Waals surface area contributed by atoms with Gasteiger partial charge < -0.3 is 20.7 Å². The monoisotopic (exact) mass is 575 g/mol. The van der Waals surface area contributed by atoms with Gasteiger partial charge in [-0.25, -0.2) is 0 Å². The SMILES string of the molecule is NCc1cccc(Oc2ccccc2N(Cc2ccccc2)C(=O)CCC(=O)NCCc2ccc(Cl)cc2Cl)c1. The zero-order valence-electron chi connectivity index (χ0n) is 22.0. The van der Waals surface area contributed by atoms with Crippen LogP contribution in [0, 0.1) is 0 Å². The summed E-state index contributed by atoms with van der Waals surface area (Å²) in [6.07, 6.45) is 0.656. The molecule has 0 spiro atoms. The molecule has 4 rings (SSSR count). The van der Waals surface area contributed by atoms with Crippen LogP contribution in [0.2, 0.25) is 10.0 Å². The van der Waals surface area contributed by atoms with Crippen LogP contribution in [0.4, 0.5) is 5.69 Å². The Morgan fingerprint density at radius 2 is 1.57 bits per heavy atom. The molecule has 0 aliphatic rings. The molecule has 0 atom stereocenters. The first-order valence-electron chi connectivity index (χ1n) is 13.0. The van der Waals surface area contributed by atoms with Crippen LogP contribution in [0.15, 0.2) is 97.1 Å². The van der Waals surface area contributed by atoms with E-state index < -0.39 is 0 Å². The van der Waals surface area contributed by atoms with Gasteiger partial charge in [-0.05, 0) is 59.5 Å². The van der Waals surface area contributed by atoms with E-state index in [1.54, 1.807) is 17.0 Å². The number of halogens is 2. The van der Waals surface area contributed by atoms with Crippen LogP contribution in [0.3, 0.4) is 0 Å². The lowest BCUT2D eigenvalue weighted by Gasteiger charge is -2.25. The quantitative estimate of drug-likeness (QED) is 0.192. The minimum Gasteiger partial charge on any atom is -0.455 e. The maximum Gasteiger partial charge on any atom is 0.227 e. The second-order valence-electron chi connectivity index (χ2n) is 9.22. The molecule has 0 saturated carbocycles. The summed E-state index contributed by atoms with van der Waals surface area (Å²) in [6.45, 7) is 1.13. The molecule has 3 N–H and O–H groups in total. The molecule has 2 amide bonds. The number of para-hydroxylation sites is 2. The van der Waals surface area contributed by atoms with Crippen molar-refractivity contribution in [2.45, 2.75) is 32.4 Å². The summed E-state index contributed by atoms with van der Waals surface area (Å²) in [4.78, 5) is 27.8. The number of benzene rings is 4. The van der Waals surface area contributed by atoms with Gasteiger partial charge in [0.05, 0.1) is 12.2 Å². The summed E-state index contributed by atoms with van der Waals surface area (Å²) in [5.41, 5.74) is 9.20. The average molecular weight is 577 g/mol. The summed E-state index contributed by atoms with van der Waals surface area (Å²) in [7, 11) is 0. The van der Waals surface area contributed by atoms with Crippen LogP contribution in [0.25, 0.3) is 0 Å². The zero-order chi connectivity index (χ0) is 28.3. The molecule has 6 nitrogen and oxygen atoms in total. The van der Waals surface area contributed by atoms with Crippen molar-refractivity contribution in [2.24, 2.45) is 5.73 Å². The number of nitrogens with zero attached hydrogens (tertiary/aromatic N) is 1. The highest BCUT2D eigenvalue weighted by atomic mass is 35.5. The Kier molecular flexibility index (Phi) is 10.6. The number of ether oxygens (including phenoxy) is 1. The molecular formula is C32H31Cl2N3O3. The molecule has 0 aliphatic carbocycles. The summed E-state index contributed by atoms with van der Waals surface area (Å²) in [5, 5.41) is 4.00. The molecule has 8 heteroatoms. The Bertz CT molecular complexity index is 1450. The van der Waals surface area contributed by atoms with Gasteiger partial charge in [-0.3, -0.25) is 9.59 Å². The number of carbonyl (C=O) groups is 2. The predicted octanol–water partition coefficient (Wildman–Crippen LogP) is 6.92. The number of nitrogens with two attached hydrogens (primary N) is 1. The van der Waals surface area contributed by atoms with Crippen molar-refractivity contribution in [3.8, 4) is 11.5 Å². The second kappa shape index (κ2) is 14.5. The van der Waals surface area contributed by atoms with Gasteiger partial charge in [-0.1, -0.05) is 83.9 Å². The van der Waals surface area contributed by atoms with E-state index >= 15 is 0 Å². The molecule has 4 aromatic rings. The molecule has 0 fully saturated rings. The van der Waals surface area contributed by atoms with E-state index in [9.17, 15) is 9.59 Å². The lowest BCUT2D eigenvalue weighted by atomic mass is 10.1. The van der Waals surface area contributed by atoms with Crippen molar-refractivity contribution in [3.05, 3.63) is 124 Å². The summed E-state index contributed by atoms with van der Waals surface area (Å²) in [5.74, 6) is 0.765. The molecule has 0 radical (unpaired) electrons. The van der Waals surface area contributed by atoms with Crippen molar-refractivity contribution in [2.75, 3.05) is 11.4 Å². The van der Waals surface area contributed by atoms with Crippen LogP contribution < -0.4 is 20.7 Å². The van der Waals surface area contributed by atoms with Crippen LogP contribution in [-0.4, -0.2) is 18.4 Å². The van der Waals surface area contributed by atoms with Crippen LogP contribution in [0.1, 0.15) is 29.5 Å². The Morgan fingerprint density at radius 1 is 0.825 bits per heavy atom. The molecule has 206 valence electrons. The van der Waals surface area contributed by atoms with Gasteiger partial charge in [0.15, 0.2) is 5.75 Å². The number of hydrogen-bond acceptors (Lipinski definition) is 4. The maximum absolute atomic E-state index is 13.6. The third-order valence-electron chi connectivity index (χ3n) is 6.30. The third kappa shape index (κ3) is 8.33. The maximum atomic E-state index is 13.6. The van der Waals surface area contributed by atoms with Crippen LogP contribution in [0.5, 0.6) is 11.5 Å². The first kappa shape index (κ1) is 29.2. The molecule has 40 heavy (non-hydrogen) atoms. The molecule has 0 aromatic heterocycles. The molecule has 0 saturated heterocycles. The van der Waals surface area contributed by atoms with Gasteiger partial charge in [0.25, 0.3) is 0 Å². The van der Waals surface area contributed by atoms with Gasteiger partial charge in [-0.2, -0.15) is 0 Å². The lowest BCUT2D eigenvalue weighted by Crippen LogP contribution is -2.32. The fraction of sp³-hybridized carbons (Fsp3) is 0.188. The second-order valence-corrected chi connectivity index (χ2v) is 10.1. The smallest absolute Gasteiger partial charge is 0.227 e.